The normalized spacial score (nSPS) is 22.1. The standard InChI is InChI=1S/C16H16BrN5/c17-13-6-3-8-19-15(13)12(10-18)14-7-9-20-16(22-14)21-11-4-1-2-5-11/h3,6-9,11H,1-2,4-5H2,(H2,20,21,22)/b14-12+. The van der Waals surface area contributed by atoms with Crippen LogP contribution in [0.15, 0.2) is 45.8 Å². The maximum atomic E-state index is 9.52. The molecular formula is C16H16BrN5. The molecule has 1 aromatic rings. The second-order valence-corrected chi connectivity index (χ2v) is 6.11. The van der Waals surface area contributed by atoms with Gasteiger partial charge in [0.15, 0.2) is 5.96 Å². The number of hydrogen-bond donors (Lipinski definition) is 2. The van der Waals surface area contributed by atoms with Crippen LogP contribution in [-0.4, -0.2) is 17.0 Å². The van der Waals surface area contributed by atoms with Gasteiger partial charge in [-0.25, -0.2) is 4.99 Å². The van der Waals surface area contributed by atoms with E-state index in [0.29, 0.717) is 29.0 Å². The van der Waals surface area contributed by atoms with Gasteiger partial charge in [0.05, 0.1) is 17.4 Å². The lowest BCUT2D eigenvalue weighted by molar-refractivity contribution is 0.696. The summed E-state index contributed by atoms with van der Waals surface area (Å²) in [5.74, 6) is 0.698. The van der Waals surface area contributed by atoms with Gasteiger partial charge in [-0.05, 0) is 47.0 Å². The van der Waals surface area contributed by atoms with Gasteiger partial charge in [0, 0.05) is 16.9 Å². The van der Waals surface area contributed by atoms with Crippen LogP contribution in [0.3, 0.4) is 0 Å². The minimum atomic E-state index is 0.370. The molecule has 0 bridgehead atoms. The molecule has 0 unspecified atom stereocenters. The van der Waals surface area contributed by atoms with Crippen molar-refractivity contribution < 1.29 is 0 Å². The van der Waals surface area contributed by atoms with Gasteiger partial charge in [-0.2, -0.15) is 5.26 Å². The van der Waals surface area contributed by atoms with Crippen molar-refractivity contribution in [2.24, 2.45) is 4.99 Å². The Balaban J connectivity index is 1.92. The van der Waals surface area contributed by atoms with Crippen molar-refractivity contribution in [2.45, 2.75) is 31.7 Å². The van der Waals surface area contributed by atoms with Crippen LogP contribution in [0, 0.1) is 11.3 Å². The molecule has 1 aliphatic carbocycles. The second kappa shape index (κ2) is 6.75. The quantitative estimate of drug-likeness (QED) is 0.797. The highest BCUT2D eigenvalue weighted by molar-refractivity contribution is 9.10. The van der Waals surface area contributed by atoms with Gasteiger partial charge in [-0.15, -0.1) is 0 Å². The molecular weight excluding hydrogens is 342 g/mol. The first-order valence-electron chi connectivity index (χ1n) is 7.31. The number of pyridine rings is 1. The number of nitrogens with one attached hydrogen (secondary N) is 2. The monoisotopic (exact) mass is 357 g/mol. The minimum absolute atomic E-state index is 0.370. The van der Waals surface area contributed by atoms with Crippen LogP contribution < -0.4 is 10.6 Å². The second-order valence-electron chi connectivity index (χ2n) is 5.25. The third-order valence-electron chi connectivity index (χ3n) is 3.74. The number of aromatic nitrogens is 1. The molecule has 112 valence electrons. The summed E-state index contributed by atoms with van der Waals surface area (Å²) in [6, 6.07) is 6.30. The minimum Gasteiger partial charge on any atom is -0.333 e. The molecule has 5 nitrogen and oxygen atoms in total. The zero-order chi connectivity index (χ0) is 15.4. The average molecular weight is 358 g/mol. The van der Waals surface area contributed by atoms with Crippen LogP contribution in [0.4, 0.5) is 0 Å². The molecule has 22 heavy (non-hydrogen) atoms. The van der Waals surface area contributed by atoms with E-state index >= 15 is 0 Å². The molecule has 2 N–H and O–H groups in total. The zero-order valence-electron chi connectivity index (χ0n) is 12.0. The number of guanidine groups is 1. The molecule has 1 fully saturated rings. The van der Waals surface area contributed by atoms with E-state index < -0.39 is 0 Å². The third-order valence-corrected chi connectivity index (χ3v) is 4.38. The van der Waals surface area contributed by atoms with Gasteiger partial charge in [0.1, 0.15) is 11.6 Å². The predicted molar refractivity (Wildman–Crippen MR) is 89.6 cm³/mol. The van der Waals surface area contributed by atoms with Gasteiger partial charge in [0.25, 0.3) is 0 Å². The van der Waals surface area contributed by atoms with Crippen LogP contribution in [0.25, 0.3) is 5.57 Å². The Morgan fingerprint density at radius 3 is 2.95 bits per heavy atom. The summed E-state index contributed by atoms with van der Waals surface area (Å²) in [6.45, 7) is 0. The molecule has 2 aliphatic rings. The zero-order valence-corrected chi connectivity index (χ0v) is 13.6. The fraction of sp³-hybridized carbons (Fsp3) is 0.312. The fourth-order valence-corrected chi connectivity index (χ4v) is 3.10. The molecule has 2 heterocycles. The maximum absolute atomic E-state index is 9.52. The van der Waals surface area contributed by atoms with E-state index in [2.05, 4.69) is 42.6 Å². The highest BCUT2D eigenvalue weighted by Gasteiger charge is 2.18. The molecule has 1 aromatic heterocycles. The third kappa shape index (κ3) is 3.20. The van der Waals surface area contributed by atoms with E-state index in [1.165, 1.54) is 12.8 Å². The van der Waals surface area contributed by atoms with Gasteiger partial charge in [0.2, 0.25) is 0 Å². The topological polar surface area (TPSA) is 73.1 Å². The molecule has 1 aliphatic heterocycles. The van der Waals surface area contributed by atoms with Gasteiger partial charge >= 0.3 is 0 Å². The highest BCUT2D eigenvalue weighted by atomic mass is 79.9. The van der Waals surface area contributed by atoms with Crippen LogP contribution in [0.2, 0.25) is 0 Å². The molecule has 0 aromatic carbocycles. The molecule has 3 rings (SSSR count). The molecule has 0 amide bonds. The summed E-state index contributed by atoms with van der Waals surface area (Å²) >= 11 is 3.44. The van der Waals surface area contributed by atoms with Gasteiger partial charge in [-0.1, -0.05) is 12.8 Å². The van der Waals surface area contributed by atoms with Gasteiger partial charge in [-0.3, -0.25) is 4.98 Å². The Hall–Kier alpha value is -2.13. The predicted octanol–water partition coefficient (Wildman–Crippen LogP) is 3.08. The Labute approximate surface area is 138 Å². The van der Waals surface area contributed by atoms with Crippen molar-refractivity contribution in [1.29, 1.82) is 5.26 Å². The van der Waals surface area contributed by atoms with Crippen molar-refractivity contribution in [3.63, 3.8) is 0 Å². The smallest absolute Gasteiger partial charge is 0.200 e. The summed E-state index contributed by atoms with van der Waals surface area (Å²) < 4.78 is 0.794. The average Bonchev–Trinajstić information content (AvgIpc) is 3.03. The van der Waals surface area contributed by atoms with Crippen LogP contribution >= 0.6 is 15.9 Å². The van der Waals surface area contributed by atoms with Crippen LogP contribution in [-0.2, 0) is 0 Å². The summed E-state index contributed by atoms with van der Waals surface area (Å²) in [6.07, 6.45) is 10.0. The van der Waals surface area contributed by atoms with Crippen molar-refractivity contribution in [3.05, 3.63) is 46.5 Å². The first-order valence-corrected chi connectivity index (χ1v) is 8.10. The van der Waals surface area contributed by atoms with Crippen molar-refractivity contribution in [1.82, 2.24) is 15.6 Å². The first-order chi connectivity index (χ1) is 10.8. The lowest BCUT2D eigenvalue weighted by Crippen LogP contribution is -2.38. The summed E-state index contributed by atoms with van der Waals surface area (Å²) in [5.41, 5.74) is 1.82. The fourth-order valence-electron chi connectivity index (χ4n) is 2.65. The Bertz CT molecular complexity index is 693. The Kier molecular flexibility index (Phi) is 4.54. The number of rotatable bonds is 2. The van der Waals surface area contributed by atoms with E-state index in [0.717, 1.165) is 17.3 Å². The van der Waals surface area contributed by atoms with E-state index in [1.807, 2.05) is 18.2 Å². The highest BCUT2D eigenvalue weighted by Crippen LogP contribution is 2.25. The Morgan fingerprint density at radius 1 is 1.41 bits per heavy atom. The molecule has 6 heteroatoms. The van der Waals surface area contributed by atoms with E-state index in [1.54, 1.807) is 12.4 Å². The number of nitrogens with zero attached hydrogens (tertiary/aromatic N) is 3. The largest absolute Gasteiger partial charge is 0.333 e. The number of aliphatic imine (C=N–C) groups is 1. The summed E-state index contributed by atoms with van der Waals surface area (Å²) in [7, 11) is 0. The number of nitriles is 1. The summed E-state index contributed by atoms with van der Waals surface area (Å²) in [5, 5.41) is 15.8. The molecule has 0 atom stereocenters. The molecule has 0 spiro atoms. The van der Waals surface area contributed by atoms with Crippen molar-refractivity contribution >= 4 is 27.5 Å². The number of halogens is 1. The summed E-state index contributed by atoms with van der Waals surface area (Å²) in [4.78, 5) is 8.98. The van der Waals surface area contributed by atoms with Gasteiger partial charge < -0.3 is 10.6 Å². The van der Waals surface area contributed by atoms with Crippen LogP contribution in [0.1, 0.15) is 31.4 Å². The number of allylic oxidation sites excluding steroid dienone is 2. The molecule has 0 saturated heterocycles. The Morgan fingerprint density at radius 2 is 2.23 bits per heavy atom. The maximum Gasteiger partial charge on any atom is 0.200 e. The van der Waals surface area contributed by atoms with Crippen molar-refractivity contribution in [3.8, 4) is 6.07 Å². The number of hydrogen-bond acceptors (Lipinski definition) is 3. The van der Waals surface area contributed by atoms with Crippen molar-refractivity contribution in [2.75, 3.05) is 0 Å². The molecule has 1 saturated carbocycles. The van der Waals surface area contributed by atoms with E-state index in [4.69, 9.17) is 0 Å². The van der Waals surface area contributed by atoms with Crippen LogP contribution in [0.5, 0.6) is 0 Å². The lowest BCUT2D eigenvalue weighted by atomic mass is 10.1. The molecule has 0 radical (unpaired) electrons. The van der Waals surface area contributed by atoms with E-state index in [9.17, 15) is 5.26 Å². The first kappa shape index (κ1) is 14.8. The lowest BCUT2D eigenvalue weighted by Gasteiger charge is -2.18. The van der Waals surface area contributed by atoms with E-state index in [-0.39, 0.29) is 0 Å². The SMILES string of the molecule is N#C/C(=C1/C=CNC(=NC2CCCC2)N1)c1ncccc1Br.